The lowest BCUT2D eigenvalue weighted by atomic mass is 10.00. The molecule has 0 spiro atoms. The van der Waals surface area contributed by atoms with Crippen molar-refractivity contribution >= 4 is 40.6 Å². The van der Waals surface area contributed by atoms with Gasteiger partial charge >= 0.3 is 0 Å². The SMILES string of the molecule is COCCNC(=O)C(c1ccc(F)cc1)N(C(=O)c1snc(C(N)=O)c1N)c1ccc(C(C)C)cc1. The molecular formula is C25H28FN5O4S. The summed E-state index contributed by atoms with van der Waals surface area (Å²) < 4.78 is 22.7. The van der Waals surface area contributed by atoms with Gasteiger partial charge in [0.2, 0.25) is 5.91 Å². The van der Waals surface area contributed by atoms with Crippen LogP contribution >= 0.6 is 11.5 Å². The van der Waals surface area contributed by atoms with Gasteiger partial charge < -0.3 is 21.5 Å². The molecule has 36 heavy (non-hydrogen) atoms. The number of ether oxygens (including phenoxy) is 1. The quantitative estimate of drug-likeness (QED) is 0.356. The second-order valence-electron chi connectivity index (χ2n) is 8.30. The molecule has 0 bridgehead atoms. The Morgan fingerprint density at radius 2 is 1.69 bits per heavy atom. The summed E-state index contributed by atoms with van der Waals surface area (Å²) >= 11 is 0.713. The Hall–Kier alpha value is -3.83. The van der Waals surface area contributed by atoms with Gasteiger partial charge in [-0.3, -0.25) is 19.3 Å². The predicted octanol–water partition coefficient (Wildman–Crippen LogP) is 3.24. The van der Waals surface area contributed by atoms with E-state index in [9.17, 15) is 18.8 Å². The zero-order valence-electron chi connectivity index (χ0n) is 20.2. The molecule has 2 aromatic carbocycles. The molecule has 1 heterocycles. The lowest BCUT2D eigenvalue weighted by Crippen LogP contribution is -2.44. The zero-order chi connectivity index (χ0) is 26.4. The summed E-state index contributed by atoms with van der Waals surface area (Å²) in [5.74, 6) is -2.30. The van der Waals surface area contributed by atoms with E-state index in [1.165, 1.54) is 36.3 Å². The van der Waals surface area contributed by atoms with Crippen molar-refractivity contribution in [3.63, 3.8) is 0 Å². The zero-order valence-corrected chi connectivity index (χ0v) is 21.0. The van der Waals surface area contributed by atoms with Crippen LogP contribution in [0, 0.1) is 5.82 Å². The van der Waals surface area contributed by atoms with Crippen LogP contribution in [0.5, 0.6) is 0 Å². The van der Waals surface area contributed by atoms with E-state index in [4.69, 9.17) is 16.2 Å². The summed E-state index contributed by atoms with van der Waals surface area (Å²) in [6.45, 7) is 4.51. The monoisotopic (exact) mass is 513 g/mol. The van der Waals surface area contributed by atoms with Crippen LogP contribution in [0.25, 0.3) is 0 Å². The number of anilines is 2. The number of nitrogen functional groups attached to an aromatic ring is 1. The number of nitrogens with two attached hydrogens (primary N) is 2. The van der Waals surface area contributed by atoms with Crippen molar-refractivity contribution in [2.75, 3.05) is 30.9 Å². The predicted molar refractivity (Wildman–Crippen MR) is 136 cm³/mol. The summed E-state index contributed by atoms with van der Waals surface area (Å²) in [6.07, 6.45) is 0. The number of carbonyl (C=O) groups excluding carboxylic acids is 3. The molecule has 1 atom stereocenters. The standard InChI is InChI=1S/C25H28FN5O4S/c1-14(2)15-6-10-18(11-7-15)31(25(34)22-19(27)20(23(28)32)30-36-22)21(24(33)29-12-13-35-3)16-4-8-17(26)9-5-16/h4-11,14,21H,12-13,27H2,1-3H3,(H2,28,32)(H,29,33). The molecule has 3 aromatic rings. The van der Waals surface area contributed by atoms with Gasteiger partial charge in [0.05, 0.1) is 12.3 Å². The molecule has 0 radical (unpaired) electrons. The van der Waals surface area contributed by atoms with Crippen LogP contribution < -0.4 is 21.7 Å². The Bertz CT molecular complexity index is 1230. The second kappa shape index (κ2) is 11.7. The highest BCUT2D eigenvalue weighted by molar-refractivity contribution is 7.09. The summed E-state index contributed by atoms with van der Waals surface area (Å²) in [7, 11) is 1.50. The van der Waals surface area contributed by atoms with Gasteiger partial charge in [-0.2, -0.15) is 4.37 Å². The summed E-state index contributed by atoms with van der Waals surface area (Å²) in [6, 6.07) is 11.2. The van der Waals surface area contributed by atoms with Crippen LogP contribution in [0.4, 0.5) is 15.8 Å². The molecule has 5 N–H and O–H groups in total. The topological polar surface area (TPSA) is 141 Å². The van der Waals surface area contributed by atoms with Gasteiger partial charge in [0.25, 0.3) is 11.8 Å². The number of aromatic nitrogens is 1. The van der Waals surface area contributed by atoms with E-state index in [0.717, 1.165) is 5.56 Å². The number of carbonyl (C=O) groups is 3. The number of hydrogen-bond acceptors (Lipinski definition) is 7. The Balaban J connectivity index is 2.18. The Labute approximate surface area is 212 Å². The highest BCUT2D eigenvalue weighted by Gasteiger charge is 2.36. The molecule has 0 fully saturated rings. The number of methoxy groups -OCH3 is 1. The maximum absolute atomic E-state index is 13.9. The van der Waals surface area contributed by atoms with Crippen molar-refractivity contribution < 1.29 is 23.5 Å². The average molecular weight is 514 g/mol. The minimum Gasteiger partial charge on any atom is -0.395 e. The first-order valence-electron chi connectivity index (χ1n) is 11.2. The third kappa shape index (κ3) is 5.86. The lowest BCUT2D eigenvalue weighted by molar-refractivity contribution is -0.122. The first-order valence-corrected chi connectivity index (χ1v) is 11.9. The van der Waals surface area contributed by atoms with Gasteiger partial charge in [-0.1, -0.05) is 38.1 Å². The molecule has 3 amide bonds. The smallest absolute Gasteiger partial charge is 0.273 e. The minimum absolute atomic E-state index is 0.0476. The molecule has 0 saturated carbocycles. The Morgan fingerprint density at radius 3 is 2.22 bits per heavy atom. The van der Waals surface area contributed by atoms with Gasteiger partial charge in [-0.15, -0.1) is 0 Å². The fourth-order valence-corrected chi connectivity index (χ4v) is 4.32. The minimum atomic E-state index is -1.20. The van der Waals surface area contributed by atoms with E-state index < -0.39 is 29.6 Å². The summed E-state index contributed by atoms with van der Waals surface area (Å²) in [4.78, 5) is 40.3. The van der Waals surface area contributed by atoms with Gasteiger partial charge in [-0.05, 0) is 52.8 Å². The number of halogens is 1. The van der Waals surface area contributed by atoms with Gasteiger partial charge in [0.15, 0.2) is 5.69 Å². The molecule has 0 aliphatic rings. The normalized spacial score (nSPS) is 11.8. The molecule has 3 rings (SSSR count). The van der Waals surface area contributed by atoms with Crippen LogP contribution in [0.3, 0.4) is 0 Å². The average Bonchev–Trinajstić information content (AvgIpc) is 3.24. The molecule has 0 aliphatic carbocycles. The largest absolute Gasteiger partial charge is 0.395 e. The van der Waals surface area contributed by atoms with Crippen LogP contribution in [-0.4, -0.2) is 42.4 Å². The van der Waals surface area contributed by atoms with Crippen molar-refractivity contribution in [3.8, 4) is 0 Å². The maximum Gasteiger partial charge on any atom is 0.273 e. The Kier molecular flexibility index (Phi) is 8.73. The molecule has 9 nitrogen and oxygen atoms in total. The Morgan fingerprint density at radius 1 is 1.08 bits per heavy atom. The van der Waals surface area contributed by atoms with Crippen LogP contribution in [0.2, 0.25) is 0 Å². The second-order valence-corrected chi connectivity index (χ2v) is 9.07. The van der Waals surface area contributed by atoms with E-state index in [1.54, 1.807) is 12.1 Å². The highest BCUT2D eigenvalue weighted by Crippen LogP contribution is 2.34. The van der Waals surface area contributed by atoms with Gasteiger partial charge in [0.1, 0.15) is 16.7 Å². The van der Waals surface area contributed by atoms with Crippen LogP contribution in [-0.2, 0) is 9.53 Å². The molecular weight excluding hydrogens is 485 g/mol. The highest BCUT2D eigenvalue weighted by atomic mass is 32.1. The number of rotatable bonds is 10. The van der Waals surface area contributed by atoms with Crippen molar-refractivity contribution in [1.29, 1.82) is 0 Å². The number of amides is 3. The van der Waals surface area contributed by atoms with Crippen LogP contribution in [0.1, 0.15) is 57.1 Å². The molecule has 11 heteroatoms. The molecule has 190 valence electrons. The van der Waals surface area contributed by atoms with Crippen LogP contribution in [0.15, 0.2) is 48.5 Å². The molecule has 1 unspecified atom stereocenters. The van der Waals surface area contributed by atoms with Crippen molar-refractivity contribution in [2.24, 2.45) is 5.73 Å². The van der Waals surface area contributed by atoms with Gasteiger partial charge in [-0.25, -0.2) is 4.39 Å². The number of benzene rings is 2. The van der Waals surface area contributed by atoms with E-state index in [2.05, 4.69) is 9.69 Å². The number of nitrogens with one attached hydrogen (secondary N) is 1. The third-order valence-corrected chi connectivity index (χ3v) is 6.36. The third-order valence-electron chi connectivity index (χ3n) is 5.51. The van der Waals surface area contributed by atoms with E-state index in [1.807, 2.05) is 26.0 Å². The first kappa shape index (κ1) is 26.8. The number of primary amides is 1. The van der Waals surface area contributed by atoms with Crippen molar-refractivity contribution in [2.45, 2.75) is 25.8 Å². The fraction of sp³-hybridized carbons (Fsp3) is 0.280. The lowest BCUT2D eigenvalue weighted by Gasteiger charge is -2.31. The maximum atomic E-state index is 13.9. The molecule has 0 saturated heterocycles. The van der Waals surface area contributed by atoms with Crippen molar-refractivity contribution in [1.82, 2.24) is 9.69 Å². The summed E-state index contributed by atoms with van der Waals surface area (Å²) in [5, 5.41) is 2.75. The van der Waals surface area contributed by atoms with E-state index in [0.29, 0.717) is 22.8 Å². The number of hydrogen-bond donors (Lipinski definition) is 3. The first-order chi connectivity index (χ1) is 17.1. The molecule has 1 aromatic heterocycles. The summed E-state index contributed by atoms with van der Waals surface area (Å²) in [5.41, 5.74) is 12.8. The van der Waals surface area contributed by atoms with E-state index in [-0.39, 0.29) is 35.3 Å². The van der Waals surface area contributed by atoms with E-state index >= 15 is 0 Å². The molecule has 0 aliphatic heterocycles. The fourth-order valence-electron chi connectivity index (χ4n) is 3.58. The number of nitrogens with zero attached hydrogens (tertiary/aromatic N) is 2. The van der Waals surface area contributed by atoms with Gasteiger partial charge in [0, 0.05) is 19.3 Å². The van der Waals surface area contributed by atoms with Crippen molar-refractivity contribution in [3.05, 3.63) is 76.0 Å².